The van der Waals surface area contributed by atoms with Crippen LogP contribution in [-0.2, 0) is 6.42 Å². The van der Waals surface area contributed by atoms with Gasteiger partial charge in [-0.15, -0.1) is 0 Å². The fourth-order valence-electron chi connectivity index (χ4n) is 2.24. The molecule has 4 nitrogen and oxygen atoms in total. The quantitative estimate of drug-likeness (QED) is 0.934. The number of anilines is 2. The minimum absolute atomic E-state index is 0.140. The van der Waals surface area contributed by atoms with Crippen molar-refractivity contribution in [3.8, 4) is 0 Å². The van der Waals surface area contributed by atoms with E-state index in [2.05, 4.69) is 27.9 Å². The zero-order chi connectivity index (χ0) is 15.6. The lowest BCUT2D eigenvalue weighted by Crippen LogP contribution is -2.24. The van der Waals surface area contributed by atoms with Gasteiger partial charge in [-0.1, -0.05) is 30.7 Å². The van der Waals surface area contributed by atoms with Gasteiger partial charge in [-0.2, -0.15) is 0 Å². The largest absolute Gasteiger partial charge is 0.383 e. The first-order valence-electron chi connectivity index (χ1n) is 7.05. The van der Waals surface area contributed by atoms with Crippen LogP contribution < -0.4 is 10.6 Å². The molecule has 2 rings (SSSR count). The van der Waals surface area contributed by atoms with Crippen molar-refractivity contribution in [3.63, 3.8) is 0 Å². The van der Waals surface area contributed by atoms with Crippen molar-refractivity contribution in [1.29, 1.82) is 0 Å². The van der Waals surface area contributed by atoms with E-state index in [1.807, 2.05) is 39.1 Å². The van der Waals surface area contributed by atoms with Gasteiger partial charge in [-0.05, 0) is 31.5 Å². The normalized spacial score (nSPS) is 12.2. The van der Waals surface area contributed by atoms with Crippen LogP contribution in [0.3, 0.4) is 0 Å². The molecule has 0 fully saturated rings. The smallest absolute Gasteiger partial charge is 0.137 e. The molecule has 112 valence electrons. The van der Waals surface area contributed by atoms with Crippen molar-refractivity contribution in [2.45, 2.75) is 33.2 Å². The summed E-state index contributed by atoms with van der Waals surface area (Å²) >= 11 is 6.08. The molecule has 1 unspecified atom stereocenters. The average Bonchev–Trinajstić information content (AvgIpc) is 2.48. The number of benzene rings is 1. The zero-order valence-electron chi connectivity index (χ0n) is 12.9. The van der Waals surface area contributed by atoms with Crippen molar-refractivity contribution in [3.05, 3.63) is 46.2 Å². The maximum absolute atomic E-state index is 6.08. The Labute approximate surface area is 131 Å². The minimum atomic E-state index is 0.140. The second kappa shape index (κ2) is 6.31. The molecule has 1 atom stereocenters. The molecular formula is C16H21ClN4. The fraction of sp³-hybridized carbons (Fsp3) is 0.375. The van der Waals surface area contributed by atoms with Crippen molar-refractivity contribution < 1.29 is 0 Å². The predicted molar refractivity (Wildman–Crippen MR) is 88.8 cm³/mol. The van der Waals surface area contributed by atoms with Crippen LogP contribution in [0.4, 0.5) is 11.6 Å². The third-order valence-corrected chi connectivity index (χ3v) is 4.00. The Morgan fingerprint density at radius 2 is 2.05 bits per heavy atom. The predicted octanol–water partition coefficient (Wildman–Crippen LogP) is 3.78. The molecule has 0 bridgehead atoms. The van der Waals surface area contributed by atoms with Gasteiger partial charge in [0, 0.05) is 24.1 Å². The summed E-state index contributed by atoms with van der Waals surface area (Å²) in [7, 11) is 2.01. The first-order valence-corrected chi connectivity index (χ1v) is 7.43. The van der Waals surface area contributed by atoms with Crippen molar-refractivity contribution in [2.75, 3.05) is 17.7 Å². The highest BCUT2D eigenvalue weighted by Gasteiger charge is 2.18. The van der Waals surface area contributed by atoms with Crippen LogP contribution in [0.25, 0.3) is 0 Å². The summed E-state index contributed by atoms with van der Waals surface area (Å²) in [5.74, 6) is 2.17. The van der Waals surface area contributed by atoms with Gasteiger partial charge in [0.2, 0.25) is 0 Å². The highest BCUT2D eigenvalue weighted by molar-refractivity contribution is 6.30. The lowest BCUT2D eigenvalue weighted by Gasteiger charge is -2.28. The van der Waals surface area contributed by atoms with E-state index in [1.54, 1.807) is 0 Å². The minimum Gasteiger partial charge on any atom is -0.383 e. The summed E-state index contributed by atoms with van der Waals surface area (Å²) in [5.41, 5.74) is 8.04. The number of aryl methyl sites for hydroxylation is 1. The second-order valence-electron chi connectivity index (χ2n) is 5.17. The van der Waals surface area contributed by atoms with E-state index < -0.39 is 0 Å². The molecule has 2 aromatic rings. The summed E-state index contributed by atoms with van der Waals surface area (Å²) < 4.78 is 0. The van der Waals surface area contributed by atoms with E-state index in [-0.39, 0.29) is 6.04 Å². The number of nitrogens with zero attached hydrogens (tertiary/aromatic N) is 3. The van der Waals surface area contributed by atoms with Crippen LogP contribution in [0.2, 0.25) is 5.02 Å². The Morgan fingerprint density at radius 1 is 1.33 bits per heavy atom. The highest BCUT2D eigenvalue weighted by atomic mass is 35.5. The molecule has 0 radical (unpaired) electrons. The van der Waals surface area contributed by atoms with Gasteiger partial charge < -0.3 is 10.6 Å². The third-order valence-electron chi connectivity index (χ3n) is 3.77. The molecular weight excluding hydrogens is 284 g/mol. The highest BCUT2D eigenvalue weighted by Crippen LogP contribution is 2.29. The number of nitrogens with two attached hydrogens (primary N) is 1. The van der Waals surface area contributed by atoms with Gasteiger partial charge in [-0.3, -0.25) is 0 Å². The number of hydrogen-bond donors (Lipinski definition) is 1. The lowest BCUT2D eigenvalue weighted by atomic mass is 10.1. The number of halogens is 1. The molecule has 2 N–H and O–H groups in total. The maximum atomic E-state index is 6.08. The van der Waals surface area contributed by atoms with Gasteiger partial charge in [-0.25, -0.2) is 9.97 Å². The SMILES string of the molecule is CCc1nc(N)c(C)c(N(C)C(C)c2cccc(Cl)c2)n1. The maximum Gasteiger partial charge on any atom is 0.137 e. The Hall–Kier alpha value is -1.81. The first-order chi connectivity index (χ1) is 9.93. The van der Waals surface area contributed by atoms with E-state index in [1.165, 1.54) is 0 Å². The summed E-state index contributed by atoms with van der Waals surface area (Å²) in [4.78, 5) is 11.0. The fourth-order valence-corrected chi connectivity index (χ4v) is 2.44. The van der Waals surface area contributed by atoms with Crippen LogP contribution in [-0.4, -0.2) is 17.0 Å². The van der Waals surface area contributed by atoms with Gasteiger partial charge in [0.15, 0.2) is 0 Å². The molecule has 0 aliphatic heterocycles. The molecule has 0 saturated carbocycles. The summed E-state index contributed by atoms with van der Waals surface area (Å²) in [5, 5.41) is 0.737. The van der Waals surface area contributed by atoms with Gasteiger partial charge in [0.25, 0.3) is 0 Å². The number of nitrogen functional groups attached to an aromatic ring is 1. The Balaban J connectivity index is 2.39. The van der Waals surface area contributed by atoms with Crippen LogP contribution >= 0.6 is 11.6 Å². The summed E-state index contributed by atoms with van der Waals surface area (Å²) in [6.07, 6.45) is 0.761. The molecule has 21 heavy (non-hydrogen) atoms. The molecule has 1 heterocycles. The van der Waals surface area contributed by atoms with Gasteiger partial charge in [0.1, 0.15) is 17.5 Å². The first kappa shape index (κ1) is 15.6. The van der Waals surface area contributed by atoms with Crippen molar-refractivity contribution in [1.82, 2.24) is 9.97 Å². The molecule has 0 amide bonds. The molecule has 0 aliphatic rings. The van der Waals surface area contributed by atoms with Gasteiger partial charge >= 0.3 is 0 Å². The van der Waals surface area contributed by atoms with E-state index >= 15 is 0 Å². The van der Waals surface area contributed by atoms with Crippen molar-refractivity contribution >= 4 is 23.2 Å². The number of hydrogen-bond acceptors (Lipinski definition) is 4. The zero-order valence-corrected chi connectivity index (χ0v) is 13.6. The van der Waals surface area contributed by atoms with Crippen molar-refractivity contribution in [2.24, 2.45) is 0 Å². The number of aromatic nitrogens is 2. The summed E-state index contributed by atoms with van der Waals surface area (Å²) in [6, 6.07) is 8.01. The van der Waals surface area contributed by atoms with Crippen LogP contribution in [0.1, 0.15) is 36.8 Å². The van der Waals surface area contributed by atoms with E-state index in [0.29, 0.717) is 5.82 Å². The van der Waals surface area contributed by atoms with E-state index in [4.69, 9.17) is 17.3 Å². The van der Waals surface area contributed by atoms with Crippen LogP contribution in [0, 0.1) is 6.92 Å². The van der Waals surface area contributed by atoms with Crippen LogP contribution in [0.5, 0.6) is 0 Å². The second-order valence-corrected chi connectivity index (χ2v) is 5.61. The summed E-state index contributed by atoms with van der Waals surface area (Å²) in [6.45, 7) is 6.09. The van der Waals surface area contributed by atoms with E-state index in [9.17, 15) is 0 Å². The third kappa shape index (κ3) is 3.27. The van der Waals surface area contributed by atoms with E-state index in [0.717, 1.165) is 34.2 Å². The molecule has 1 aromatic carbocycles. The van der Waals surface area contributed by atoms with Crippen LogP contribution in [0.15, 0.2) is 24.3 Å². The molecule has 0 aliphatic carbocycles. The lowest BCUT2D eigenvalue weighted by molar-refractivity contribution is 0.719. The standard InChI is InChI=1S/C16H21ClN4/c1-5-14-19-15(18)10(2)16(20-14)21(4)11(3)12-7-6-8-13(17)9-12/h6-9,11H,5H2,1-4H3,(H2,18,19,20). The molecule has 5 heteroatoms. The molecule has 1 aromatic heterocycles. The number of rotatable bonds is 4. The Bertz CT molecular complexity index is 642. The van der Waals surface area contributed by atoms with Gasteiger partial charge in [0.05, 0.1) is 6.04 Å². The molecule has 0 spiro atoms. The topological polar surface area (TPSA) is 55.0 Å². The Kier molecular flexibility index (Phi) is 4.68. The average molecular weight is 305 g/mol. The Morgan fingerprint density at radius 3 is 2.67 bits per heavy atom. The molecule has 0 saturated heterocycles. The monoisotopic (exact) mass is 304 g/mol.